The molecule has 11 heteroatoms. The van der Waals surface area contributed by atoms with Gasteiger partial charge < -0.3 is 15.4 Å². The number of ether oxygens (including phenoxy) is 1. The summed E-state index contributed by atoms with van der Waals surface area (Å²) in [5.41, 5.74) is 0.807. The molecule has 1 aromatic carbocycles. The molecule has 1 aliphatic carbocycles. The predicted octanol–water partition coefficient (Wildman–Crippen LogP) is 2.01. The van der Waals surface area contributed by atoms with Crippen LogP contribution in [0, 0.1) is 5.92 Å². The molecular weight excluding hydrogens is 409 g/mol. The number of nitrogens with one attached hydrogen (secondary N) is 3. The molecule has 3 N–H and O–H groups in total. The molecule has 29 heavy (non-hydrogen) atoms. The third kappa shape index (κ3) is 9.35. The van der Waals surface area contributed by atoms with Crippen LogP contribution in [-0.4, -0.2) is 53.1 Å². The molecule has 1 aromatic rings. The summed E-state index contributed by atoms with van der Waals surface area (Å²) >= 11 is 0. The zero-order valence-corrected chi connectivity index (χ0v) is 17.1. The van der Waals surface area contributed by atoms with Crippen molar-refractivity contribution in [1.29, 1.82) is 0 Å². The van der Waals surface area contributed by atoms with Gasteiger partial charge in [-0.1, -0.05) is 18.6 Å². The Bertz CT molecular complexity index is 764. The average molecular weight is 437 g/mol. The van der Waals surface area contributed by atoms with Gasteiger partial charge in [0.25, 0.3) is 0 Å². The van der Waals surface area contributed by atoms with Crippen molar-refractivity contribution in [2.75, 3.05) is 32.5 Å². The van der Waals surface area contributed by atoms with E-state index in [0.717, 1.165) is 18.4 Å². The summed E-state index contributed by atoms with van der Waals surface area (Å²) in [6.45, 7) is -0.270. The highest BCUT2D eigenvalue weighted by Crippen LogP contribution is 2.25. The van der Waals surface area contributed by atoms with Crippen LogP contribution in [0.2, 0.25) is 0 Å². The van der Waals surface area contributed by atoms with Crippen molar-refractivity contribution < 1.29 is 26.3 Å². The number of benzene rings is 1. The Kier molecular flexibility index (Phi) is 8.57. The minimum atomic E-state index is -4.38. The van der Waals surface area contributed by atoms with Gasteiger partial charge in [-0.15, -0.1) is 0 Å². The van der Waals surface area contributed by atoms with E-state index >= 15 is 0 Å². The number of aliphatic imine (C=N–C) groups is 1. The molecular formula is C18H27F3N4O3S. The minimum absolute atomic E-state index is 0.0638. The van der Waals surface area contributed by atoms with E-state index in [2.05, 4.69) is 25.1 Å². The van der Waals surface area contributed by atoms with E-state index in [-0.39, 0.29) is 18.0 Å². The number of rotatable bonds is 10. The molecule has 0 unspecified atom stereocenters. The smallest absolute Gasteiger partial charge is 0.422 e. The Balaban J connectivity index is 1.68. The van der Waals surface area contributed by atoms with Gasteiger partial charge in [-0.25, -0.2) is 13.1 Å². The fraction of sp³-hybridized carbons (Fsp3) is 0.611. The predicted molar refractivity (Wildman–Crippen MR) is 105 cm³/mol. The lowest BCUT2D eigenvalue weighted by Crippen LogP contribution is -2.41. The summed E-state index contributed by atoms with van der Waals surface area (Å²) in [4.78, 5) is 4.02. The summed E-state index contributed by atoms with van der Waals surface area (Å²) in [7, 11) is -1.77. The van der Waals surface area contributed by atoms with Crippen LogP contribution in [0.1, 0.15) is 24.8 Å². The maximum atomic E-state index is 12.1. The van der Waals surface area contributed by atoms with Gasteiger partial charge in [-0.3, -0.25) is 4.99 Å². The highest BCUT2D eigenvalue weighted by molar-refractivity contribution is 7.89. The van der Waals surface area contributed by atoms with Crippen molar-refractivity contribution in [2.45, 2.75) is 32.0 Å². The molecule has 0 bridgehead atoms. The molecule has 0 amide bonds. The number of hydrogen-bond acceptors (Lipinski definition) is 4. The summed E-state index contributed by atoms with van der Waals surface area (Å²) in [6.07, 6.45) is -1.06. The van der Waals surface area contributed by atoms with E-state index in [0.29, 0.717) is 25.0 Å². The maximum Gasteiger partial charge on any atom is 0.422 e. The fourth-order valence-electron chi connectivity index (χ4n) is 2.59. The number of guanidine groups is 1. The first-order valence-corrected chi connectivity index (χ1v) is 11.0. The number of halogens is 3. The summed E-state index contributed by atoms with van der Waals surface area (Å²) in [5.74, 6) is 0.952. The molecule has 0 aromatic heterocycles. The monoisotopic (exact) mass is 436 g/mol. The quantitative estimate of drug-likeness (QED) is 0.386. The van der Waals surface area contributed by atoms with Crippen LogP contribution in [0.4, 0.5) is 13.2 Å². The lowest BCUT2D eigenvalue weighted by Gasteiger charge is -2.25. The molecule has 1 fully saturated rings. The first-order valence-electron chi connectivity index (χ1n) is 9.37. The van der Waals surface area contributed by atoms with Crippen molar-refractivity contribution in [3.05, 3.63) is 29.8 Å². The van der Waals surface area contributed by atoms with Crippen molar-refractivity contribution in [3.8, 4) is 5.75 Å². The first kappa shape index (κ1) is 23.3. The zero-order chi connectivity index (χ0) is 21.3. The Morgan fingerprint density at radius 3 is 2.45 bits per heavy atom. The number of sulfonamides is 1. The summed E-state index contributed by atoms with van der Waals surface area (Å²) in [5, 5.41) is 5.95. The molecule has 0 atom stereocenters. The Morgan fingerprint density at radius 2 is 1.90 bits per heavy atom. The van der Waals surface area contributed by atoms with E-state index in [9.17, 15) is 21.6 Å². The summed E-state index contributed by atoms with van der Waals surface area (Å²) < 4.78 is 67.7. The number of nitrogens with zero attached hydrogens (tertiary/aromatic N) is 1. The fourth-order valence-corrected chi connectivity index (χ4v) is 3.60. The van der Waals surface area contributed by atoms with Crippen molar-refractivity contribution in [2.24, 2.45) is 10.9 Å². The summed E-state index contributed by atoms with van der Waals surface area (Å²) in [6, 6.07) is 6.19. The standard InChI is InChI=1S/C18H27F3N4O3S/c1-22-17(23-9-10-29(26,27)25-12-14-3-2-4-14)24-11-15-5-7-16(8-6-15)28-13-18(19,20)21/h5-8,14,25H,2-4,9-13H2,1H3,(H2,22,23,24). The lowest BCUT2D eigenvalue weighted by atomic mass is 9.86. The molecule has 1 aliphatic rings. The molecule has 0 heterocycles. The molecule has 1 saturated carbocycles. The molecule has 0 aliphatic heterocycles. The molecule has 0 spiro atoms. The Labute approximate surface area is 169 Å². The first-order chi connectivity index (χ1) is 13.7. The molecule has 164 valence electrons. The largest absolute Gasteiger partial charge is 0.484 e. The number of alkyl halides is 3. The van der Waals surface area contributed by atoms with Crippen molar-refractivity contribution in [3.63, 3.8) is 0 Å². The van der Waals surface area contributed by atoms with Gasteiger partial charge in [0.05, 0.1) is 5.75 Å². The van der Waals surface area contributed by atoms with Crippen LogP contribution >= 0.6 is 0 Å². The van der Waals surface area contributed by atoms with Crippen LogP contribution in [0.3, 0.4) is 0 Å². The van der Waals surface area contributed by atoms with Crippen LogP contribution in [0.15, 0.2) is 29.3 Å². The van der Waals surface area contributed by atoms with Gasteiger partial charge in [-0.2, -0.15) is 13.2 Å². The Morgan fingerprint density at radius 1 is 1.21 bits per heavy atom. The second kappa shape index (κ2) is 10.7. The van der Waals surface area contributed by atoms with E-state index < -0.39 is 22.8 Å². The second-order valence-corrected chi connectivity index (χ2v) is 8.79. The van der Waals surface area contributed by atoms with Crippen LogP contribution in [0.25, 0.3) is 0 Å². The van der Waals surface area contributed by atoms with Gasteiger partial charge in [0, 0.05) is 26.7 Å². The third-order valence-corrected chi connectivity index (χ3v) is 5.84. The average Bonchev–Trinajstić information content (AvgIpc) is 2.61. The molecule has 7 nitrogen and oxygen atoms in total. The van der Waals surface area contributed by atoms with E-state index in [1.807, 2.05) is 0 Å². The zero-order valence-electron chi connectivity index (χ0n) is 16.3. The number of hydrogen-bond donors (Lipinski definition) is 3. The van der Waals surface area contributed by atoms with Crippen molar-refractivity contribution in [1.82, 2.24) is 15.4 Å². The van der Waals surface area contributed by atoms with Gasteiger partial charge >= 0.3 is 6.18 Å². The second-order valence-electron chi connectivity index (χ2n) is 6.86. The lowest BCUT2D eigenvalue weighted by molar-refractivity contribution is -0.153. The minimum Gasteiger partial charge on any atom is -0.484 e. The van der Waals surface area contributed by atoms with Crippen molar-refractivity contribution >= 4 is 16.0 Å². The molecule has 2 rings (SSSR count). The van der Waals surface area contributed by atoms with E-state index in [4.69, 9.17) is 0 Å². The van der Waals surface area contributed by atoms with Gasteiger partial charge in [0.15, 0.2) is 12.6 Å². The van der Waals surface area contributed by atoms with Gasteiger partial charge in [0.2, 0.25) is 10.0 Å². The van der Waals surface area contributed by atoms with E-state index in [1.165, 1.54) is 18.6 Å². The maximum absolute atomic E-state index is 12.1. The normalized spacial score (nSPS) is 15.7. The Hall–Kier alpha value is -2.01. The van der Waals surface area contributed by atoms with Crippen LogP contribution < -0.4 is 20.1 Å². The molecule has 0 radical (unpaired) electrons. The van der Waals surface area contributed by atoms with Gasteiger partial charge in [0.1, 0.15) is 5.75 Å². The van der Waals surface area contributed by atoms with Gasteiger partial charge in [-0.05, 0) is 36.5 Å². The SMILES string of the molecule is CN=C(NCCS(=O)(=O)NCC1CCC1)NCc1ccc(OCC(F)(F)F)cc1. The third-order valence-electron chi connectivity index (χ3n) is 4.49. The van der Waals surface area contributed by atoms with Crippen LogP contribution in [0.5, 0.6) is 5.75 Å². The highest BCUT2D eigenvalue weighted by atomic mass is 32.2. The topological polar surface area (TPSA) is 91.8 Å². The van der Waals surface area contributed by atoms with E-state index in [1.54, 1.807) is 19.2 Å². The molecule has 0 saturated heterocycles. The van der Waals surface area contributed by atoms with Crippen LogP contribution in [-0.2, 0) is 16.6 Å². The highest BCUT2D eigenvalue weighted by Gasteiger charge is 2.28.